The molecule has 122 valence electrons. The van der Waals surface area contributed by atoms with Crippen LogP contribution in [-0.4, -0.2) is 40.4 Å². The third-order valence-corrected chi connectivity index (χ3v) is 3.92. The van der Waals surface area contributed by atoms with Gasteiger partial charge < -0.3 is 15.5 Å². The molecule has 5 nitrogen and oxygen atoms in total. The van der Waals surface area contributed by atoms with Gasteiger partial charge in [-0.15, -0.1) is 0 Å². The van der Waals surface area contributed by atoms with Gasteiger partial charge in [-0.1, -0.05) is 6.07 Å². The van der Waals surface area contributed by atoms with Crippen LogP contribution in [0.1, 0.15) is 21.5 Å². The third-order valence-electron chi connectivity index (χ3n) is 3.25. The minimum absolute atomic E-state index is 0.0605. The topological polar surface area (TPSA) is 82.5 Å². The normalized spacial score (nSPS) is 12.0. The fraction of sp³-hybridized carbons (Fsp3) is 0.250. The second kappa shape index (κ2) is 8.32. The molecule has 0 spiro atoms. The highest BCUT2D eigenvalue weighted by Gasteiger charge is 2.14. The van der Waals surface area contributed by atoms with E-state index in [1.807, 2.05) is 22.6 Å². The van der Waals surface area contributed by atoms with E-state index in [-0.39, 0.29) is 18.8 Å². The molecule has 0 radical (unpaired) electrons. The summed E-state index contributed by atoms with van der Waals surface area (Å²) in [7, 11) is 0. The molecular weight excluding hydrogens is 414 g/mol. The molecular formula is C16H16FIN2O3. The lowest BCUT2D eigenvalue weighted by Crippen LogP contribution is -2.34. The van der Waals surface area contributed by atoms with Crippen molar-refractivity contribution in [2.75, 3.05) is 13.2 Å². The number of hydrogen-bond donors (Lipinski definition) is 3. The Labute approximate surface area is 146 Å². The van der Waals surface area contributed by atoms with E-state index in [4.69, 9.17) is 5.11 Å². The summed E-state index contributed by atoms with van der Waals surface area (Å²) in [5, 5.41) is 20.6. The zero-order valence-corrected chi connectivity index (χ0v) is 14.3. The van der Waals surface area contributed by atoms with Crippen LogP contribution in [-0.2, 0) is 6.42 Å². The highest BCUT2D eigenvalue weighted by Crippen LogP contribution is 2.18. The van der Waals surface area contributed by atoms with Crippen LogP contribution in [0.25, 0.3) is 0 Å². The maximum absolute atomic E-state index is 14.0. The summed E-state index contributed by atoms with van der Waals surface area (Å²) in [5.41, 5.74) is 1.43. The van der Waals surface area contributed by atoms with Gasteiger partial charge in [0.25, 0.3) is 5.91 Å². The molecule has 1 heterocycles. The lowest BCUT2D eigenvalue weighted by molar-refractivity contribution is 0.0801. The highest BCUT2D eigenvalue weighted by molar-refractivity contribution is 14.1. The predicted molar refractivity (Wildman–Crippen MR) is 91.6 cm³/mol. The average Bonchev–Trinajstić information content (AvgIpc) is 2.55. The monoisotopic (exact) mass is 430 g/mol. The predicted octanol–water partition coefficient (Wildman–Crippen LogP) is 1.50. The molecule has 1 atom stereocenters. The maximum atomic E-state index is 14.0. The number of amides is 1. The summed E-state index contributed by atoms with van der Waals surface area (Å²) >= 11 is 2.03. The SMILES string of the molecule is O=C(NC[C@H](O)CO)c1ccncc1Cc1ccc(I)cc1F. The van der Waals surface area contributed by atoms with E-state index in [1.165, 1.54) is 18.5 Å². The van der Waals surface area contributed by atoms with Crippen LogP contribution in [0.15, 0.2) is 36.7 Å². The second-order valence-corrected chi connectivity index (χ2v) is 6.24. The molecule has 0 saturated heterocycles. The Kier molecular flexibility index (Phi) is 6.43. The van der Waals surface area contributed by atoms with Crippen molar-refractivity contribution < 1.29 is 19.4 Å². The summed E-state index contributed by atoms with van der Waals surface area (Å²) in [6, 6.07) is 6.46. The number of benzene rings is 1. The van der Waals surface area contributed by atoms with Gasteiger partial charge in [-0.05, 0) is 51.9 Å². The van der Waals surface area contributed by atoms with Crippen LogP contribution in [0.2, 0.25) is 0 Å². The highest BCUT2D eigenvalue weighted by atomic mass is 127. The Balaban J connectivity index is 2.18. The van der Waals surface area contributed by atoms with Crippen molar-refractivity contribution >= 4 is 28.5 Å². The first-order valence-electron chi connectivity index (χ1n) is 6.95. The average molecular weight is 430 g/mol. The molecule has 1 aromatic heterocycles. The van der Waals surface area contributed by atoms with Crippen LogP contribution >= 0.6 is 22.6 Å². The smallest absolute Gasteiger partial charge is 0.251 e. The fourth-order valence-electron chi connectivity index (χ4n) is 2.03. The minimum atomic E-state index is -1.02. The van der Waals surface area contributed by atoms with Crippen LogP contribution < -0.4 is 5.32 Å². The van der Waals surface area contributed by atoms with Crippen molar-refractivity contribution in [3.63, 3.8) is 0 Å². The molecule has 1 amide bonds. The first-order valence-corrected chi connectivity index (χ1v) is 8.03. The minimum Gasteiger partial charge on any atom is -0.394 e. The lowest BCUT2D eigenvalue weighted by atomic mass is 10.0. The number of carbonyl (C=O) groups is 1. The largest absolute Gasteiger partial charge is 0.394 e. The maximum Gasteiger partial charge on any atom is 0.251 e. The van der Waals surface area contributed by atoms with Crippen molar-refractivity contribution in [3.8, 4) is 0 Å². The number of nitrogens with zero attached hydrogens (tertiary/aromatic N) is 1. The summed E-state index contributed by atoms with van der Waals surface area (Å²) in [6.07, 6.45) is 2.22. The molecule has 3 N–H and O–H groups in total. The van der Waals surface area contributed by atoms with Gasteiger partial charge in [0, 0.05) is 34.5 Å². The number of rotatable bonds is 6. The first kappa shape index (κ1) is 17.8. The molecule has 0 aliphatic rings. The molecule has 7 heteroatoms. The Morgan fingerprint density at radius 2 is 2.13 bits per heavy atom. The molecule has 2 rings (SSSR count). The molecule has 0 aliphatic carbocycles. The number of hydrogen-bond acceptors (Lipinski definition) is 4. The van der Waals surface area contributed by atoms with E-state index >= 15 is 0 Å². The summed E-state index contributed by atoms with van der Waals surface area (Å²) in [4.78, 5) is 16.2. The van der Waals surface area contributed by atoms with E-state index < -0.39 is 18.6 Å². The Morgan fingerprint density at radius 1 is 1.35 bits per heavy atom. The van der Waals surface area contributed by atoms with Gasteiger partial charge >= 0.3 is 0 Å². The zero-order chi connectivity index (χ0) is 16.8. The van der Waals surface area contributed by atoms with Crippen LogP contribution in [0, 0.1) is 9.39 Å². The molecule has 23 heavy (non-hydrogen) atoms. The van der Waals surface area contributed by atoms with Gasteiger partial charge in [0.1, 0.15) is 5.82 Å². The number of aromatic nitrogens is 1. The lowest BCUT2D eigenvalue weighted by Gasteiger charge is -2.12. The fourth-order valence-corrected chi connectivity index (χ4v) is 2.48. The standard InChI is InChI=1S/C16H16FIN2O3/c17-15-6-12(18)2-1-10(15)5-11-7-19-4-3-14(11)16(23)20-8-13(22)9-21/h1-4,6-7,13,21-22H,5,8-9H2,(H,20,23)/t13-/m0/s1. The van der Waals surface area contributed by atoms with Gasteiger partial charge in [-0.3, -0.25) is 9.78 Å². The molecule has 1 aromatic carbocycles. The van der Waals surface area contributed by atoms with E-state index in [0.29, 0.717) is 16.7 Å². The third kappa shape index (κ3) is 4.95. The second-order valence-electron chi connectivity index (χ2n) is 4.99. The number of aliphatic hydroxyl groups excluding tert-OH is 2. The number of halogens is 2. The van der Waals surface area contributed by atoms with Gasteiger partial charge in [0.05, 0.1) is 12.7 Å². The summed E-state index contributed by atoms with van der Waals surface area (Å²) < 4.78 is 14.8. The molecule has 2 aromatic rings. The molecule has 0 bridgehead atoms. The molecule has 0 fully saturated rings. The Morgan fingerprint density at radius 3 is 2.83 bits per heavy atom. The van der Waals surface area contributed by atoms with Crippen molar-refractivity contribution in [3.05, 3.63) is 62.7 Å². The van der Waals surface area contributed by atoms with Gasteiger partial charge in [-0.2, -0.15) is 0 Å². The van der Waals surface area contributed by atoms with E-state index in [0.717, 1.165) is 3.57 Å². The van der Waals surface area contributed by atoms with E-state index in [2.05, 4.69) is 10.3 Å². The van der Waals surface area contributed by atoms with Gasteiger partial charge in [0.15, 0.2) is 0 Å². The van der Waals surface area contributed by atoms with Crippen molar-refractivity contribution in [1.82, 2.24) is 10.3 Å². The van der Waals surface area contributed by atoms with Gasteiger partial charge in [-0.25, -0.2) is 4.39 Å². The first-order chi connectivity index (χ1) is 11.0. The number of nitrogens with one attached hydrogen (secondary N) is 1. The molecule has 0 unspecified atom stereocenters. The Hall–Kier alpha value is -1.58. The van der Waals surface area contributed by atoms with Crippen LogP contribution in [0.5, 0.6) is 0 Å². The molecule has 0 aliphatic heterocycles. The van der Waals surface area contributed by atoms with Crippen LogP contribution in [0.3, 0.4) is 0 Å². The Bertz CT molecular complexity index is 697. The number of aliphatic hydroxyl groups is 2. The summed E-state index contributed by atoms with van der Waals surface area (Å²) in [5.74, 6) is -0.733. The van der Waals surface area contributed by atoms with Crippen molar-refractivity contribution in [2.24, 2.45) is 0 Å². The van der Waals surface area contributed by atoms with E-state index in [1.54, 1.807) is 18.2 Å². The van der Waals surface area contributed by atoms with Crippen LogP contribution in [0.4, 0.5) is 4.39 Å². The number of carbonyl (C=O) groups excluding carboxylic acids is 1. The summed E-state index contributed by atoms with van der Waals surface area (Å²) in [6.45, 7) is -0.494. The van der Waals surface area contributed by atoms with Gasteiger partial charge in [0.2, 0.25) is 0 Å². The zero-order valence-electron chi connectivity index (χ0n) is 12.2. The quantitative estimate of drug-likeness (QED) is 0.607. The van der Waals surface area contributed by atoms with Crippen molar-refractivity contribution in [2.45, 2.75) is 12.5 Å². The van der Waals surface area contributed by atoms with Crippen molar-refractivity contribution in [1.29, 1.82) is 0 Å². The number of pyridine rings is 1. The molecule has 0 saturated carbocycles. The van der Waals surface area contributed by atoms with E-state index in [9.17, 15) is 14.3 Å².